The molecule has 0 saturated carbocycles. The lowest BCUT2D eigenvalue weighted by Gasteiger charge is -2.17. The molecule has 0 bridgehead atoms. The summed E-state index contributed by atoms with van der Waals surface area (Å²) in [6.07, 6.45) is 2.77. The molecule has 9 heavy (non-hydrogen) atoms. The Balaban J connectivity index is 4.32. The molecule has 1 heteroatoms. The van der Waals surface area contributed by atoms with Gasteiger partial charge in [0, 0.05) is 0 Å². The Hall–Kier alpha value is -0.720. The molecule has 0 unspecified atom stereocenters. The molecule has 0 rings (SSSR count). The van der Waals surface area contributed by atoms with Gasteiger partial charge in [-0.2, -0.15) is 0 Å². The molecule has 1 N–H and O–H groups in total. The fourth-order valence-corrected chi connectivity index (χ4v) is 0.553. The third-order valence-electron chi connectivity index (χ3n) is 1.23. The van der Waals surface area contributed by atoms with Crippen LogP contribution in [0.2, 0.25) is 0 Å². The van der Waals surface area contributed by atoms with Gasteiger partial charge in [-0.25, -0.2) is 0 Å². The molecule has 0 saturated heterocycles. The number of hydrogen-bond donors (Lipinski definition) is 1. The second kappa shape index (κ2) is 2.72. The van der Waals surface area contributed by atoms with Crippen LogP contribution in [0.25, 0.3) is 0 Å². The molecule has 0 amide bonds. The molecular weight excluding hydrogens is 112 g/mol. The Bertz CT molecular complexity index is 126. The molecule has 52 valence electrons. The number of hydrogen-bond acceptors (Lipinski definition) is 1. The standard InChI is InChI=1S/C8H14O/c1-5-7(6-9)8(2,3)4/h5-6,9H,1H2,2-4H3/b7-6+. The first-order valence-electron chi connectivity index (χ1n) is 2.99. The Morgan fingerprint density at radius 2 is 1.89 bits per heavy atom. The molecule has 0 radical (unpaired) electrons. The minimum atomic E-state index is 0.0104. The van der Waals surface area contributed by atoms with E-state index in [0.29, 0.717) is 0 Å². The zero-order valence-corrected chi connectivity index (χ0v) is 6.31. The van der Waals surface area contributed by atoms with Gasteiger partial charge in [0.2, 0.25) is 0 Å². The summed E-state index contributed by atoms with van der Waals surface area (Å²) < 4.78 is 0. The van der Waals surface area contributed by atoms with Crippen LogP contribution in [0.5, 0.6) is 0 Å². The van der Waals surface area contributed by atoms with E-state index in [4.69, 9.17) is 5.11 Å². The highest BCUT2D eigenvalue weighted by atomic mass is 16.2. The van der Waals surface area contributed by atoms with Crippen molar-refractivity contribution in [2.24, 2.45) is 5.41 Å². The Labute approximate surface area is 56.7 Å². The van der Waals surface area contributed by atoms with Gasteiger partial charge in [0.1, 0.15) is 0 Å². The fourth-order valence-electron chi connectivity index (χ4n) is 0.553. The lowest BCUT2D eigenvalue weighted by atomic mass is 9.87. The summed E-state index contributed by atoms with van der Waals surface area (Å²) in [7, 11) is 0. The summed E-state index contributed by atoms with van der Waals surface area (Å²) in [5.74, 6) is 0. The molecule has 0 aromatic rings. The van der Waals surface area contributed by atoms with Crippen LogP contribution in [0.1, 0.15) is 20.8 Å². The quantitative estimate of drug-likeness (QED) is 0.423. The molecule has 0 aromatic carbocycles. The van der Waals surface area contributed by atoms with E-state index in [1.165, 1.54) is 0 Å². The van der Waals surface area contributed by atoms with E-state index in [1.807, 2.05) is 20.8 Å². The molecule has 0 heterocycles. The van der Waals surface area contributed by atoms with E-state index in [0.717, 1.165) is 11.8 Å². The van der Waals surface area contributed by atoms with E-state index in [9.17, 15) is 0 Å². The molecule has 0 aromatic heterocycles. The monoisotopic (exact) mass is 126 g/mol. The van der Waals surface area contributed by atoms with Crippen LogP contribution in [-0.2, 0) is 0 Å². The lowest BCUT2D eigenvalue weighted by molar-refractivity contribution is 0.432. The molecule has 0 fully saturated rings. The summed E-state index contributed by atoms with van der Waals surface area (Å²) in [5.41, 5.74) is 0.874. The van der Waals surface area contributed by atoms with Gasteiger partial charge in [-0.15, -0.1) is 0 Å². The molecule has 0 atom stereocenters. The topological polar surface area (TPSA) is 20.2 Å². The summed E-state index contributed by atoms with van der Waals surface area (Å²) in [4.78, 5) is 0. The highest BCUT2D eigenvalue weighted by Crippen LogP contribution is 2.24. The second-order valence-electron chi connectivity index (χ2n) is 3.04. The Morgan fingerprint density at radius 3 is 1.89 bits per heavy atom. The van der Waals surface area contributed by atoms with Crippen LogP contribution >= 0.6 is 0 Å². The summed E-state index contributed by atoms with van der Waals surface area (Å²) in [6.45, 7) is 9.64. The molecule has 0 aliphatic heterocycles. The molecule has 1 nitrogen and oxygen atoms in total. The first kappa shape index (κ1) is 8.28. The van der Waals surface area contributed by atoms with Crippen LogP contribution in [0.4, 0.5) is 0 Å². The van der Waals surface area contributed by atoms with E-state index < -0.39 is 0 Å². The van der Waals surface area contributed by atoms with Crippen molar-refractivity contribution < 1.29 is 5.11 Å². The average Bonchev–Trinajstić information content (AvgIpc) is 1.65. The van der Waals surface area contributed by atoms with Gasteiger partial charge in [0.15, 0.2) is 0 Å². The van der Waals surface area contributed by atoms with Crippen LogP contribution in [0.15, 0.2) is 24.5 Å². The minimum Gasteiger partial charge on any atom is -0.515 e. The van der Waals surface area contributed by atoms with Crippen molar-refractivity contribution in [2.45, 2.75) is 20.8 Å². The van der Waals surface area contributed by atoms with Gasteiger partial charge < -0.3 is 5.11 Å². The van der Waals surface area contributed by atoms with Gasteiger partial charge in [-0.1, -0.05) is 33.4 Å². The minimum absolute atomic E-state index is 0.0104. The van der Waals surface area contributed by atoms with E-state index in [2.05, 4.69) is 6.58 Å². The maximum Gasteiger partial charge on any atom is 0.0828 e. The summed E-state index contributed by atoms with van der Waals surface area (Å²) in [5, 5.41) is 8.63. The molecule has 0 spiro atoms. The van der Waals surface area contributed by atoms with Crippen molar-refractivity contribution in [3.05, 3.63) is 24.5 Å². The predicted molar refractivity (Wildman–Crippen MR) is 40.4 cm³/mol. The smallest absolute Gasteiger partial charge is 0.0828 e. The van der Waals surface area contributed by atoms with Gasteiger partial charge in [0.25, 0.3) is 0 Å². The SMILES string of the molecule is C=C/C(=C\O)C(C)(C)C. The van der Waals surface area contributed by atoms with Crippen molar-refractivity contribution in [1.29, 1.82) is 0 Å². The highest BCUT2D eigenvalue weighted by Gasteiger charge is 2.13. The third kappa shape index (κ3) is 2.36. The van der Waals surface area contributed by atoms with E-state index in [-0.39, 0.29) is 5.41 Å². The van der Waals surface area contributed by atoms with Gasteiger partial charge >= 0.3 is 0 Å². The van der Waals surface area contributed by atoms with Gasteiger partial charge in [-0.3, -0.25) is 0 Å². The number of allylic oxidation sites excluding steroid dienone is 2. The Kier molecular flexibility index (Phi) is 2.50. The highest BCUT2D eigenvalue weighted by molar-refractivity contribution is 5.19. The first-order valence-corrected chi connectivity index (χ1v) is 2.99. The molecule has 0 aliphatic rings. The van der Waals surface area contributed by atoms with E-state index in [1.54, 1.807) is 6.08 Å². The van der Waals surface area contributed by atoms with Crippen LogP contribution in [-0.4, -0.2) is 5.11 Å². The van der Waals surface area contributed by atoms with Crippen LogP contribution in [0, 0.1) is 5.41 Å². The maximum absolute atomic E-state index is 8.63. The number of rotatable bonds is 1. The van der Waals surface area contributed by atoms with Crippen molar-refractivity contribution in [2.75, 3.05) is 0 Å². The Morgan fingerprint density at radius 1 is 1.44 bits per heavy atom. The maximum atomic E-state index is 8.63. The zero-order chi connectivity index (χ0) is 7.49. The zero-order valence-electron chi connectivity index (χ0n) is 6.31. The largest absolute Gasteiger partial charge is 0.515 e. The van der Waals surface area contributed by atoms with Crippen molar-refractivity contribution in [3.8, 4) is 0 Å². The molecular formula is C8H14O. The third-order valence-corrected chi connectivity index (χ3v) is 1.23. The number of aliphatic hydroxyl groups is 1. The molecule has 0 aliphatic carbocycles. The average molecular weight is 126 g/mol. The summed E-state index contributed by atoms with van der Waals surface area (Å²) >= 11 is 0. The van der Waals surface area contributed by atoms with Crippen molar-refractivity contribution in [3.63, 3.8) is 0 Å². The predicted octanol–water partition coefficient (Wildman–Crippen LogP) is 2.66. The first-order chi connectivity index (χ1) is 4.02. The second-order valence-corrected chi connectivity index (χ2v) is 3.04. The van der Waals surface area contributed by atoms with Gasteiger partial charge in [-0.05, 0) is 11.0 Å². The number of aliphatic hydroxyl groups excluding tert-OH is 1. The fraction of sp³-hybridized carbons (Fsp3) is 0.500. The van der Waals surface area contributed by atoms with Crippen LogP contribution in [0.3, 0.4) is 0 Å². The van der Waals surface area contributed by atoms with Crippen LogP contribution < -0.4 is 0 Å². The lowest BCUT2D eigenvalue weighted by Crippen LogP contribution is -2.06. The van der Waals surface area contributed by atoms with Crippen molar-refractivity contribution in [1.82, 2.24) is 0 Å². The van der Waals surface area contributed by atoms with Gasteiger partial charge in [0.05, 0.1) is 6.26 Å². The summed E-state index contributed by atoms with van der Waals surface area (Å²) in [6, 6.07) is 0. The normalized spacial score (nSPS) is 13.4. The van der Waals surface area contributed by atoms with E-state index >= 15 is 0 Å². The van der Waals surface area contributed by atoms with Crippen molar-refractivity contribution >= 4 is 0 Å².